The molecular formula is C9H14ClN5O. The Morgan fingerprint density at radius 1 is 1.44 bits per heavy atom. The number of hydrogen-bond acceptors (Lipinski definition) is 6. The molecule has 2 heterocycles. The van der Waals surface area contributed by atoms with Gasteiger partial charge in [-0.15, -0.1) is 0 Å². The SMILES string of the molecule is COc1nc(Cl)nc(NC2(C)CCNC2)n1. The summed E-state index contributed by atoms with van der Waals surface area (Å²) in [5.41, 5.74) is -0.0459. The van der Waals surface area contributed by atoms with Crippen molar-refractivity contribution in [2.75, 3.05) is 25.5 Å². The molecule has 0 radical (unpaired) electrons. The summed E-state index contributed by atoms with van der Waals surface area (Å²) in [4.78, 5) is 11.9. The number of halogens is 1. The van der Waals surface area contributed by atoms with Crippen LogP contribution in [0.3, 0.4) is 0 Å². The molecule has 16 heavy (non-hydrogen) atoms. The Hall–Kier alpha value is -1.14. The molecule has 1 aliphatic rings. The second-order valence-electron chi connectivity index (χ2n) is 4.03. The first kappa shape index (κ1) is 11.3. The van der Waals surface area contributed by atoms with Gasteiger partial charge in [-0.2, -0.15) is 15.0 Å². The number of nitrogens with zero attached hydrogens (tertiary/aromatic N) is 3. The van der Waals surface area contributed by atoms with E-state index in [-0.39, 0.29) is 16.8 Å². The molecule has 0 aliphatic carbocycles. The van der Waals surface area contributed by atoms with Crippen LogP contribution in [0.25, 0.3) is 0 Å². The lowest BCUT2D eigenvalue weighted by molar-refractivity contribution is 0.378. The number of aromatic nitrogens is 3. The van der Waals surface area contributed by atoms with Crippen LogP contribution >= 0.6 is 11.6 Å². The van der Waals surface area contributed by atoms with Crippen molar-refractivity contribution in [3.05, 3.63) is 5.28 Å². The van der Waals surface area contributed by atoms with Crippen LogP contribution in [0.1, 0.15) is 13.3 Å². The third-order valence-corrected chi connectivity index (χ3v) is 2.72. The van der Waals surface area contributed by atoms with E-state index in [0.717, 1.165) is 19.5 Å². The molecule has 0 aromatic carbocycles. The predicted octanol–water partition coefficient (Wildman–Crippen LogP) is 0.697. The van der Waals surface area contributed by atoms with E-state index in [1.807, 2.05) is 0 Å². The standard InChI is InChI=1S/C9H14ClN5O/c1-9(3-4-11-5-9)15-7-12-6(10)13-8(14-7)16-2/h11H,3-5H2,1-2H3,(H,12,13,14,15). The van der Waals surface area contributed by atoms with Crippen LogP contribution in [0.2, 0.25) is 5.28 Å². The molecule has 1 atom stereocenters. The minimum absolute atomic E-state index is 0.0459. The topological polar surface area (TPSA) is 72.0 Å². The average Bonchev–Trinajstić information content (AvgIpc) is 2.63. The lowest BCUT2D eigenvalue weighted by Crippen LogP contribution is -2.37. The van der Waals surface area contributed by atoms with E-state index in [9.17, 15) is 0 Å². The summed E-state index contributed by atoms with van der Waals surface area (Å²) in [5, 5.41) is 6.65. The number of hydrogen-bond donors (Lipinski definition) is 2. The van der Waals surface area contributed by atoms with Gasteiger partial charge in [0.25, 0.3) is 0 Å². The Morgan fingerprint density at radius 3 is 2.88 bits per heavy atom. The van der Waals surface area contributed by atoms with Crippen molar-refractivity contribution < 1.29 is 4.74 Å². The smallest absolute Gasteiger partial charge is 0.322 e. The van der Waals surface area contributed by atoms with Crippen molar-refractivity contribution in [2.45, 2.75) is 18.9 Å². The molecular weight excluding hydrogens is 230 g/mol. The Kier molecular flexibility index (Phi) is 3.11. The first-order valence-corrected chi connectivity index (χ1v) is 5.44. The van der Waals surface area contributed by atoms with Crippen molar-refractivity contribution in [2.24, 2.45) is 0 Å². The molecule has 2 N–H and O–H groups in total. The van der Waals surface area contributed by atoms with Gasteiger partial charge in [-0.3, -0.25) is 0 Å². The van der Waals surface area contributed by atoms with Crippen LogP contribution in [0.15, 0.2) is 0 Å². The normalized spacial score (nSPS) is 24.4. The lowest BCUT2D eigenvalue weighted by atomic mass is 10.0. The van der Waals surface area contributed by atoms with Crippen LogP contribution in [0.4, 0.5) is 5.95 Å². The van der Waals surface area contributed by atoms with Crippen molar-refractivity contribution in [3.63, 3.8) is 0 Å². The van der Waals surface area contributed by atoms with Crippen molar-refractivity contribution >= 4 is 17.5 Å². The third kappa shape index (κ3) is 2.51. The highest BCUT2D eigenvalue weighted by molar-refractivity contribution is 6.28. The number of nitrogens with one attached hydrogen (secondary N) is 2. The molecule has 1 fully saturated rings. The van der Waals surface area contributed by atoms with Gasteiger partial charge in [0.05, 0.1) is 12.6 Å². The van der Waals surface area contributed by atoms with E-state index in [1.54, 1.807) is 0 Å². The zero-order chi connectivity index (χ0) is 11.6. The summed E-state index contributed by atoms with van der Waals surface area (Å²) in [6.45, 7) is 3.97. The molecule has 88 valence electrons. The van der Waals surface area contributed by atoms with Crippen molar-refractivity contribution in [1.82, 2.24) is 20.3 Å². The van der Waals surface area contributed by atoms with E-state index >= 15 is 0 Å². The van der Waals surface area contributed by atoms with Crippen LogP contribution < -0.4 is 15.4 Å². The Labute approximate surface area is 98.8 Å². The summed E-state index contributed by atoms with van der Waals surface area (Å²) < 4.78 is 4.93. The second kappa shape index (κ2) is 4.39. The highest BCUT2D eigenvalue weighted by Gasteiger charge is 2.29. The zero-order valence-electron chi connectivity index (χ0n) is 9.25. The van der Waals surface area contributed by atoms with E-state index in [2.05, 4.69) is 32.5 Å². The third-order valence-electron chi connectivity index (χ3n) is 2.55. The van der Waals surface area contributed by atoms with E-state index in [0.29, 0.717) is 5.95 Å². The van der Waals surface area contributed by atoms with E-state index in [1.165, 1.54) is 7.11 Å². The molecule has 0 spiro atoms. The number of methoxy groups -OCH3 is 1. The molecule has 1 aromatic heterocycles. The second-order valence-corrected chi connectivity index (χ2v) is 4.37. The fourth-order valence-corrected chi connectivity index (χ4v) is 1.83. The molecule has 6 nitrogen and oxygen atoms in total. The molecule has 1 aromatic rings. The quantitative estimate of drug-likeness (QED) is 0.814. The summed E-state index contributed by atoms with van der Waals surface area (Å²) in [5.74, 6) is 0.447. The molecule has 1 unspecified atom stereocenters. The van der Waals surface area contributed by atoms with Crippen molar-refractivity contribution in [3.8, 4) is 6.01 Å². The van der Waals surface area contributed by atoms with Crippen LogP contribution in [-0.2, 0) is 0 Å². The first-order chi connectivity index (χ1) is 7.61. The van der Waals surface area contributed by atoms with Gasteiger partial charge in [0.15, 0.2) is 0 Å². The van der Waals surface area contributed by atoms with Gasteiger partial charge in [0, 0.05) is 6.54 Å². The molecule has 0 amide bonds. The maximum Gasteiger partial charge on any atom is 0.322 e. The van der Waals surface area contributed by atoms with Gasteiger partial charge in [-0.05, 0) is 31.5 Å². The largest absolute Gasteiger partial charge is 0.467 e. The molecule has 1 saturated heterocycles. The number of anilines is 1. The molecule has 7 heteroatoms. The Balaban J connectivity index is 2.17. The van der Waals surface area contributed by atoms with Gasteiger partial charge in [-0.1, -0.05) is 0 Å². The maximum absolute atomic E-state index is 5.76. The molecule has 1 aliphatic heterocycles. The number of ether oxygens (including phenoxy) is 1. The van der Waals surface area contributed by atoms with Crippen LogP contribution in [0.5, 0.6) is 6.01 Å². The fourth-order valence-electron chi connectivity index (χ4n) is 1.67. The summed E-state index contributed by atoms with van der Waals surface area (Å²) in [7, 11) is 1.49. The highest BCUT2D eigenvalue weighted by atomic mass is 35.5. The zero-order valence-corrected chi connectivity index (χ0v) is 10.0. The van der Waals surface area contributed by atoms with Crippen molar-refractivity contribution in [1.29, 1.82) is 0 Å². The summed E-state index contributed by atoms with van der Waals surface area (Å²) in [6.07, 6.45) is 1.01. The number of rotatable bonds is 3. The van der Waals surface area contributed by atoms with Gasteiger partial charge in [0.1, 0.15) is 0 Å². The molecule has 2 rings (SSSR count). The minimum atomic E-state index is -0.0459. The highest BCUT2D eigenvalue weighted by Crippen LogP contribution is 2.20. The van der Waals surface area contributed by atoms with E-state index in [4.69, 9.17) is 16.3 Å². The Morgan fingerprint density at radius 2 is 2.25 bits per heavy atom. The first-order valence-electron chi connectivity index (χ1n) is 5.06. The molecule has 0 saturated carbocycles. The van der Waals surface area contributed by atoms with Crippen LogP contribution in [0, 0.1) is 0 Å². The van der Waals surface area contributed by atoms with Gasteiger partial charge in [-0.25, -0.2) is 0 Å². The Bertz CT molecular complexity index is 380. The van der Waals surface area contributed by atoms with Gasteiger partial charge >= 0.3 is 6.01 Å². The van der Waals surface area contributed by atoms with Gasteiger partial charge < -0.3 is 15.4 Å². The predicted molar refractivity (Wildman–Crippen MR) is 60.9 cm³/mol. The monoisotopic (exact) mass is 243 g/mol. The van der Waals surface area contributed by atoms with Gasteiger partial charge in [0.2, 0.25) is 11.2 Å². The molecule has 0 bridgehead atoms. The lowest BCUT2D eigenvalue weighted by Gasteiger charge is -2.24. The summed E-state index contributed by atoms with van der Waals surface area (Å²) in [6, 6.07) is 0.219. The maximum atomic E-state index is 5.76. The average molecular weight is 244 g/mol. The van der Waals surface area contributed by atoms with Crippen LogP contribution in [-0.4, -0.2) is 40.7 Å². The summed E-state index contributed by atoms with van der Waals surface area (Å²) >= 11 is 5.76. The minimum Gasteiger partial charge on any atom is -0.467 e. The van der Waals surface area contributed by atoms with E-state index < -0.39 is 0 Å². The fraction of sp³-hybridized carbons (Fsp3) is 0.667.